The van der Waals surface area contributed by atoms with Crippen molar-refractivity contribution < 1.29 is 37.4 Å². The fourth-order valence-corrected chi connectivity index (χ4v) is 6.00. The van der Waals surface area contributed by atoms with Crippen molar-refractivity contribution in [3.05, 3.63) is 35.5 Å². The van der Waals surface area contributed by atoms with Crippen molar-refractivity contribution in [3.63, 3.8) is 0 Å². The Labute approximate surface area is 263 Å². The van der Waals surface area contributed by atoms with Gasteiger partial charge >= 0.3 is 5.97 Å². The van der Waals surface area contributed by atoms with Crippen molar-refractivity contribution >= 4 is 28.7 Å². The van der Waals surface area contributed by atoms with Gasteiger partial charge in [0.2, 0.25) is 5.91 Å². The van der Waals surface area contributed by atoms with Gasteiger partial charge in [0.15, 0.2) is 5.82 Å². The summed E-state index contributed by atoms with van der Waals surface area (Å²) in [5, 5.41) is 3.74. The highest BCUT2D eigenvalue weighted by Gasteiger charge is 2.35. The topological polar surface area (TPSA) is 110 Å². The lowest BCUT2D eigenvalue weighted by Crippen LogP contribution is -2.54. The Morgan fingerprint density at radius 1 is 1.00 bits per heavy atom. The minimum atomic E-state index is -0.859. The van der Waals surface area contributed by atoms with Gasteiger partial charge in [-0.3, -0.25) is 14.4 Å². The molecular formula is C33H46F2N4O6. The largest absolute Gasteiger partial charge is 0.493 e. The molecule has 0 radical (unpaired) electrons. The van der Waals surface area contributed by atoms with Crippen molar-refractivity contribution in [2.24, 2.45) is 0 Å². The van der Waals surface area contributed by atoms with Gasteiger partial charge in [-0.2, -0.15) is 0 Å². The Balaban J connectivity index is 1.40. The number of hydrogen-bond donors (Lipinski definition) is 1. The van der Waals surface area contributed by atoms with E-state index in [9.17, 15) is 23.2 Å². The molecule has 2 heterocycles. The molecule has 2 fully saturated rings. The fourth-order valence-electron chi connectivity index (χ4n) is 6.00. The zero-order valence-electron chi connectivity index (χ0n) is 26.8. The third-order valence-electron chi connectivity index (χ3n) is 8.46. The number of fused-ring (bicyclic) bond motifs is 1. The van der Waals surface area contributed by atoms with E-state index in [0.717, 1.165) is 44.2 Å². The van der Waals surface area contributed by atoms with E-state index in [1.165, 1.54) is 13.2 Å². The molecule has 2 aliphatic rings. The van der Waals surface area contributed by atoms with E-state index >= 15 is 0 Å². The molecule has 1 aliphatic heterocycles. The van der Waals surface area contributed by atoms with Crippen LogP contribution in [0.25, 0.3) is 10.9 Å². The number of nitrogens with zero attached hydrogens (tertiary/aromatic N) is 3. The Morgan fingerprint density at radius 2 is 1.76 bits per heavy atom. The molecule has 2 aromatic rings. The summed E-state index contributed by atoms with van der Waals surface area (Å²) in [5.41, 5.74) is -0.0778. The summed E-state index contributed by atoms with van der Waals surface area (Å²) in [6, 6.07) is 3.60. The second kappa shape index (κ2) is 16.3. The summed E-state index contributed by atoms with van der Waals surface area (Å²) >= 11 is 0. The van der Waals surface area contributed by atoms with Crippen LogP contribution in [0.15, 0.2) is 18.2 Å². The van der Waals surface area contributed by atoms with Gasteiger partial charge in [-0.25, -0.2) is 13.8 Å². The molecule has 12 heteroatoms. The molecular weight excluding hydrogens is 586 g/mol. The van der Waals surface area contributed by atoms with Crippen molar-refractivity contribution in [1.29, 1.82) is 0 Å². The molecule has 0 unspecified atom stereocenters. The number of aromatic nitrogens is 1. The molecule has 1 N–H and O–H groups in total. The number of carbonyl (C=O) groups excluding carboxylic acids is 3. The number of rotatable bonds is 16. The van der Waals surface area contributed by atoms with E-state index in [1.807, 2.05) is 18.7 Å². The van der Waals surface area contributed by atoms with Gasteiger partial charge < -0.3 is 29.3 Å². The van der Waals surface area contributed by atoms with Crippen LogP contribution in [0, 0.1) is 11.6 Å². The average Bonchev–Trinajstić information content (AvgIpc) is 3.85. The minimum Gasteiger partial charge on any atom is -0.493 e. The molecule has 4 rings (SSSR count). The first-order valence-electron chi connectivity index (χ1n) is 16.0. The Hall–Kier alpha value is -3.38. The predicted molar refractivity (Wildman–Crippen MR) is 165 cm³/mol. The number of nitrogens with one attached hydrogen (secondary N) is 1. The number of carbonyl (C=O) groups is 3. The zero-order chi connectivity index (χ0) is 32.5. The standard InChI is InChI=1S/C33H46F2N4O6/c1-21(2)39(33(42)28-19-29(45-16-6-15-43-3)26-17-22(34)18-27(35)32(26)37-28)25-10-9-23(36-20-25)13-14-38(24-11-12-24)30(40)7-5-8-31(41)44-4/h17-19,21,23-25,36H,5-16,20H2,1-4H3/t23-,25+/m0/s1. The number of methoxy groups -OCH3 is 2. The number of amides is 2. The maximum Gasteiger partial charge on any atom is 0.305 e. The van der Waals surface area contributed by atoms with Crippen LogP contribution in [0.4, 0.5) is 8.78 Å². The molecule has 2 amide bonds. The Kier molecular flexibility index (Phi) is 12.5. The van der Waals surface area contributed by atoms with Crippen molar-refractivity contribution in [2.45, 2.75) is 95.8 Å². The smallest absolute Gasteiger partial charge is 0.305 e. The van der Waals surface area contributed by atoms with E-state index in [-0.39, 0.29) is 77.3 Å². The highest BCUT2D eigenvalue weighted by Crippen LogP contribution is 2.31. The van der Waals surface area contributed by atoms with Crippen LogP contribution in [0.5, 0.6) is 5.75 Å². The zero-order valence-corrected chi connectivity index (χ0v) is 26.8. The number of piperidine rings is 1. The maximum atomic E-state index is 14.9. The first-order chi connectivity index (χ1) is 21.6. The first-order valence-corrected chi connectivity index (χ1v) is 16.0. The molecule has 1 saturated heterocycles. The quantitative estimate of drug-likeness (QED) is 0.211. The predicted octanol–water partition coefficient (Wildman–Crippen LogP) is 4.62. The third-order valence-corrected chi connectivity index (χ3v) is 8.46. The molecule has 45 heavy (non-hydrogen) atoms. The highest BCUT2D eigenvalue weighted by molar-refractivity contribution is 5.97. The van der Waals surface area contributed by atoms with Gasteiger partial charge in [0.25, 0.3) is 5.91 Å². The van der Waals surface area contributed by atoms with E-state index in [4.69, 9.17) is 9.47 Å². The van der Waals surface area contributed by atoms with Crippen LogP contribution in [0.3, 0.4) is 0 Å². The monoisotopic (exact) mass is 632 g/mol. The van der Waals surface area contributed by atoms with Gasteiger partial charge in [-0.1, -0.05) is 0 Å². The first kappa shape index (κ1) is 34.5. The molecule has 0 bridgehead atoms. The highest BCUT2D eigenvalue weighted by atomic mass is 19.1. The summed E-state index contributed by atoms with van der Waals surface area (Å²) in [4.78, 5) is 46.3. The summed E-state index contributed by atoms with van der Waals surface area (Å²) < 4.78 is 44.6. The number of benzene rings is 1. The molecule has 1 saturated carbocycles. The normalized spacial score (nSPS) is 18.2. The third kappa shape index (κ3) is 9.32. The Bertz CT molecular complexity index is 1330. The van der Waals surface area contributed by atoms with Crippen molar-refractivity contribution in [1.82, 2.24) is 20.1 Å². The van der Waals surface area contributed by atoms with Gasteiger partial charge in [-0.15, -0.1) is 0 Å². The summed E-state index contributed by atoms with van der Waals surface area (Å²) in [7, 11) is 2.93. The Morgan fingerprint density at radius 3 is 2.40 bits per heavy atom. The molecule has 0 spiro atoms. The molecule has 2 atom stereocenters. The number of ether oxygens (including phenoxy) is 3. The minimum absolute atomic E-state index is 0.0383. The number of hydrogen-bond acceptors (Lipinski definition) is 8. The van der Waals surface area contributed by atoms with E-state index in [0.29, 0.717) is 39.0 Å². The van der Waals surface area contributed by atoms with Crippen molar-refractivity contribution in [2.75, 3.05) is 40.5 Å². The van der Waals surface area contributed by atoms with Crippen LogP contribution in [-0.4, -0.2) is 97.3 Å². The fraction of sp³-hybridized carbons (Fsp3) is 0.636. The number of pyridine rings is 1. The number of esters is 1. The van der Waals surface area contributed by atoms with Crippen LogP contribution in [-0.2, 0) is 19.1 Å². The van der Waals surface area contributed by atoms with Gasteiger partial charge in [-0.05, 0) is 58.4 Å². The van der Waals surface area contributed by atoms with Gasteiger partial charge in [0.1, 0.15) is 22.8 Å². The van der Waals surface area contributed by atoms with E-state index < -0.39 is 11.6 Å². The second-order valence-electron chi connectivity index (χ2n) is 12.2. The maximum absolute atomic E-state index is 14.9. The van der Waals surface area contributed by atoms with Crippen LogP contribution in [0.2, 0.25) is 0 Å². The van der Waals surface area contributed by atoms with Crippen LogP contribution >= 0.6 is 0 Å². The molecule has 10 nitrogen and oxygen atoms in total. The lowest BCUT2D eigenvalue weighted by atomic mass is 9.96. The summed E-state index contributed by atoms with van der Waals surface area (Å²) in [6.07, 6.45) is 6.01. The SMILES string of the molecule is COCCCOc1cc(C(=O)N(C(C)C)[C@@H]2CC[C@@H](CCN(C(=O)CCCC(=O)OC)C3CC3)NC2)nc2c(F)cc(F)cc12. The van der Waals surface area contributed by atoms with Crippen LogP contribution in [0.1, 0.15) is 82.1 Å². The van der Waals surface area contributed by atoms with Crippen LogP contribution < -0.4 is 10.1 Å². The molecule has 1 aliphatic carbocycles. The summed E-state index contributed by atoms with van der Waals surface area (Å²) in [5.74, 6) is -1.99. The lowest BCUT2D eigenvalue weighted by Gasteiger charge is -2.40. The van der Waals surface area contributed by atoms with E-state index in [1.54, 1.807) is 12.0 Å². The number of halogens is 2. The molecule has 1 aromatic heterocycles. The summed E-state index contributed by atoms with van der Waals surface area (Å²) in [6.45, 7) is 5.79. The van der Waals surface area contributed by atoms with E-state index in [2.05, 4.69) is 15.0 Å². The molecule has 248 valence electrons. The average molecular weight is 633 g/mol. The van der Waals surface area contributed by atoms with Crippen molar-refractivity contribution in [3.8, 4) is 5.75 Å². The van der Waals surface area contributed by atoms with Gasteiger partial charge in [0, 0.05) is 87.8 Å². The van der Waals surface area contributed by atoms with Gasteiger partial charge in [0.05, 0.1) is 13.7 Å². The second-order valence-corrected chi connectivity index (χ2v) is 12.2. The lowest BCUT2D eigenvalue weighted by molar-refractivity contribution is -0.141. The molecule has 1 aromatic carbocycles.